The topological polar surface area (TPSA) is 71.1 Å². The Hall–Kier alpha value is -3.35. The maximum Gasteiger partial charge on any atom is 0.288 e. The molecular formula is C19H15F2N3O2. The van der Waals surface area contributed by atoms with Gasteiger partial charge in [0.25, 0.3) is 5.91 Å². The molecule has 2 amide bonds. The van der Waals surface area contributed by atoms with Gasteiger partial charge in [-0.05, 0) is 36.2 Å². The lowest BCUT2D eigenvalue weighted by atomic mass is 10.1. The second kappa shape index (κ2) is 7.69. The average Bonchev–Trinajstić information content (AvgIpc) is 2.66. The molecule has 3 rings (SSSR count). The molecule has 0 fully saturated rings. The van der Waals surface area contributed by atoms with Gasteiger partial charge in [-0.2, -0.15) is 0 Å². The number of hydrogen-bond acceptors (Lipinski definition) is 3. The van der Waals surface area contributed by atoms with Gasteiger partial charge < -0.3 is 0 Å². The largest absolute Gasteiger partial charge is 0.288 e. The lowest BCUT2D eigenvalue weighted by molar-refractivity contribution is -0.121. The van der Waals surface area contributed by atoms with E-state index in [-0.39, 0.29) is 18.5 Å². The van der Waals surface area contributed by atoms with Gasteiger partial charge in [-0.25, -0.2) is 13.8 Å². The summed E-state index contributed by atoms with van der Waals surface area (Å²) < 4.78 is 26.0. The molecule has 2 aromatic carbocycles. The smallest absolute Gasteiger partial charge is 0.273 e. The van der Waals surface area contributed by atoms with Crippen LogP contribution in [0.2, 0.25) is 0 Å². The van der Waals surface area contributed by atoms with Gasteiger partial charge in [0.2, 0.25) is 5.91 Å². The summed E-state index contributed by atoms with van der Waals surface area (Å²) in [6.45, 7) is 0. The number of nitrogens with one attached hydrogen (secondary N) is 2. The monoisotopic (exact) mass is 355 g/mol. The zero-order valence-corrected chi connectivity index (χ0v) is 13.6. The van der Waals surface area contributed by atoms with Crippen LogP contribution in [0.3, 0.4) is 0 Å². The number of fused-ring (bicyclic) bond motifs is 1. The van der Waals surface area contributed by atoms with Crippen molar-refractivity contribution in [3.63, 3.8) is 0 Å². The number of nitrogens with zero attached hydrogens (tertiary/aromatic N) is 1. The fourth-order valence-corrected chi connectivity index (χ4v) is 2.40. The lowest BCUT2D eigenvalue weighted by Crippen LogP contribution is -2.42. The molecule has 1 heterocycles. The molecule has 0 aliphatic carbocycles. The summed E-state index contributed by atoms with van der Waals surface area (Å²) >= 11 is 0. The van der Waals surface area contributed by atoms with E-state index in [9.17, 15) is 18.4 Å². The molecule has 0 radical (unpaired) electrons. The van der Waals surface area contributed by atoms with E-state index in [4.69, 9.17) is 0 Å². The highest BCUT2D eigenvalue weighted by molar-refractivity contribution is 5.95. The number of amides is 2. The summed E-state index contributed by atoms with van der Waals surface area (Å²) in [7, 11) is 0. The number of hydrogen-bond donors (Lipinski definition) is 2. The Bertz CT molecular complexity index is 976. The molecular weight excluding hydrogens is 340 g/mol. The second-order valence-corrected chi connectivity index (χ2v) is 5.64. The summed E-state index contributed by atoms with van der Waals surface area (Å²) in [6, 6.07) is 14.1. The third kappa shape index (κ3) is 4.18. The van der Waals surface area contributed by atoms with E-state index >= 15 is 0 Å². The standard InChI is InChI=1S/C19H15F2N3O2/c20-14-8-5-12(11-15(14)21)6-10-18(25)23-24-19(26)17-9-7-13-3-1-2-4-16(13)22-17/h1-5,7-9,11H,6,10H2,(H,23,25)(H,24,26). The Kier molecular flexibility index (Phi) is 5.17. The van der Waals surface area contributed by atoms with Crippen molar-refractivity contribution in [2.45, 2.75) is 12.8 Å². The molecule has 0 aliphatic heterocycles. The van der Waals surface area contributed by atoms with Crippen LogP contribution < -0.4 is 10.9 Å². The minimum absolute atomic E-state index is 0.0104. The zero-order chi connectivity index (χ0) is 18.5. The predicted molar refractivity (Wildman–Crippen MR) is 92.0 cm³/mol. The summed E-state index contributed by atoms with van der Waals surface area (Å²) in [5.41, 5.74) is 5.89. The first-order chi connectivity index (χ1) is 12.5. The molecule has 26 heavy (non-hydrogen) atoms. The highest BCUT2D eigenvalue weighted by Gasteiger charge is 2.10. The molecule has 0 saturated carbocycles. The van der Waals surface area contributed by atoms with E-state index in [2.05, 4.69) is 15.8 Å². The zero-order valence-electron chi connectivity index (χ0n) is 13.6. The van der Waals surface area contributed by atoms with E-state index in [0.717, 1.165) is 17.5 Å². The fourth-order valence-electron chi connectivity index (χ4n) is 2.40. The van der Waals surface area contributed by atoms with Crippen LogP contribution in [-0.2, 0) is 11.2 Å². The number of aryl methyl sites for hydroxylation is 1. The molecule has 0 atom stereocenters. The Labute approximate surface area is 148 Å². The highest BCUT2D eigenvalue weighted by atomic mass is 19.2. The van der Waals surface area contributed by atoms with E-state index in [1.807, 2.05) is 18.2 Å². The van der Waals surface area contributed by atoms with E-state index in [0.29, 0.717) is 11.1 Å². The van der Waals surface area contributed by atoms with Crippen molar-refractivity contribution in [1.82, 2.24) is 15.8 Å². The van der Waals surface area contributed by atoms with Gasteiger partial charge in [0.15, 0.2) is 11.6 Å². The quantitative estimate of drug-likeness (QED) is 0.707. The van der Waals surface area contributed by atoms with Crippen molar-refractivity contribution in [2.75, 3.05) is 0 Å². The number of aromatic nitrogens is 1. The van der Waals surface area contributed by atoms with Gasteiger partial charge in [-0.1, -0.05) is 30.3 Å². The number of carbonyl (C=O) groups excluding carboxylic acids is 2. The van der Waals surface area contributed by atoms with Crippen LogP contribution in [0.5, 0.6) is 0 Å². The molecule has 3 aromatic rings. The van der Waals surface area contributed by atoms with Gasteiger partial charge >= 0.3 is 0 Å². The first-order valence-electron chi connectivity index (χ1n) is 7.92. The van der Waals surface area contributed by atoms with Gasteiger partial charge in [0, 0.05) is 11.8 Å². The SMILES string of the molecule is O=C(CCc1ccc(F)c(F)c1)NNC(=O)c1ccc2ccccc2n1. The molecule has 7 heteroatoms. The molecule has 132 valence electrons. The van der Waals surface area contributed by atoms with Crippen molar-refractivity contribution >= 4 is 22.7 Å². The third-order valence-corrected chi connectivity index (χ3v) is 3.77. The molecule has 0 unspecified atom stereocenters. The van der Waals surface area contributed by atoms with Crippen LogP contribution in [0.4, 0.5) is 8.78 Å². The second-order valence-electron chi connectivity index (χ2n) is 5.64. The minimum Gasteiger partial charge on any atom is -0.273 e. The van der Waals surface area contributed by atoms with Crippen LogP contribution >= 0.6 is 0 Å². The van der Waals surface area contributed by atoms with Gasteiger partial charge in [0.1, 0.15) is 5.69 Å². The van der Waals surface area contributed by atoms with Crippen molar-refractivity contribution in [3.05, 3.63) is 77.5 Å². The number of pyridine rings is 1. The molecule has 0 saturated heterocycles. The Morgan fingerprint density at radius 3 is 2.54 bits per heavy atom. The van der Waals surface area contributed by atoms with E-state index < -0.39 is 23.4 Å². The first kappa shape index (κ1) is 17.5. The van der Waals surface area contributed by atoms with Crippen LogP contribution in [0.25, 0.3) is 10.9 Å². The first-order valence-corrected chi connectivity index (χ1v) is 7.92. The number of carbonyl (C=O) groups is 2. The van der Waals surface area contributed by atoms with Crippen LogP contribution in [0.1, 0.15) is 22.5 Å². The summed E-state index contributed by atoms with van der Waals surface area (Å²) in [4.78, 5) is 28.1. The van der Waals surface area contributed by atoms with Crippen molar-refractivity contribution in [2.24, 2.45) is 0 Å². The van der Waals surface area contributed by atoms with Crippen LogP contribution in [0.15, 0.2) is 54.6 Å². The van der Waals surface area contributed by atoms with Gasteiger partial charge in [-0.15, -0.1) is 0 Å². The molecule has 0 bridgehead atoms. The van der Waals surface area contributed by atoms with Gasteiger partial charge in [-0.3, -0.25) is 20.4 Å². The van der Waals surface area contributed by atoms with E-state index in [1.54, 1.807) is 18.2 Å². The third-order valence-electron chi connectivity index (χ3n) is 3.77. The Balaban J connectivity index is 1.53. The van der Waals surface area contributed by atoms with Crippen LogP contribution in [-0.4, -0.2) is 16.8 Å². The Morgan fingerprint density at radius 1 is 0.923 bits per heavy atom. The lowest BCUT2D eigenvalue weighted by Gasteiger charge is -2.08. The number of hydrazine groups is 1. The van der Waals surface area contributed by atoms with Gasteiger partial charge in [0.05, 0.1) is 5.52 Å². The highest BCUT2D eigenvalue weighted by Crippen LogP contribution is 2.12. The van der Waals surface area contributed by atoms with Crippen molar-refractivity contribution < 1.29 is 18.4 Å². The van der Waals surface area contributed by atoms with E-state index in [1.165, 1.54) is 6.07 Å². The number of para-hydroxylation sites is 1. The predicted octanol–water partition coefficient (Wildman–Crippen LogP) is 2.91. The number of rotatable bonds is 4. The summed E-state index contributed by atoms with van der Waals surface area (Å²) in [6.07, 6.45) is 0.226. The van der Waals surface area contributed by atoms with Crippen molar-refractivity contribution in [3.8, 4) is 0 Å². The average molecular weight is 355 g/mol. The van der Waals surface area contributed by atoms with Crippen LogP contribution in [0, 0.1) is 11.6 Å². The summed E-state index contributed by atoms with van der Waals surface area (Å²) in [5.74, 6) is -2.90. The molecule has 1 aromatic heterocycles. The fraction of sp³-hybridized carbons (Fsp3) is 0.105. The molecule has 0 aliphatic rings. The normalized spacial score (nSPS) is 10.5. The maximum atomic E-state index is 13.1. The number of halogens is 2. The number of benzene rings is 2. The summed E-state index contributed by atoms with van der Waals surface area (Å²) in [5, 5.41) is 0.902. The molecule has 0 spiro atoms. The minimum atomic E-state index is -0.960. The Morgan fingerprint density at radius 2 is 1.73 bits per heavy atom. The molecule has 2 N–H and O–H groups in total. The van der Waals surface area contributed by atoms with Crippen molar-refractivity contribution in [1.29, 1.82) is 0 Å². The maximum absolute atomic E-state index is 13.1. The molecule has 5 nitrogen and oxygen atoms in total.